The molecular formula is C22H47N. The predicted molar refractivity (Wildman–Crippen MR) is 107 cm³/mol. The summed E-state index contributed by atoms with van der Waals surface area (Å²) >= 11 is 0. The van der Waals surface area contributed by atoms with E-state index in [4.69, 9.17) is 0 Å². The lowest BCUT2D eigenvalue weighted by Crippen LogP contribution is -2.27. The van der Waals surface area contributed by atoms with Gasteiger partial charge in [-0.15, -0.1) is 0 Å². The van der Waals surface area contributed by atoms with Gasteiger partial charge in [-0.2, -0.15) is 0 Å². The molecule has 0 aromatic rings. The van der Waals surface area contributed by atoms with Crippen LogP contribution in [0.25, 0.3) is 0 Å². The molecule has 0 aromatic heterocycles. The number of unbranched alkanes of at least 4 members (excludes halogenated alkanes) is 13. The van der Waals surface area contributed by atoms with Gasteiger partial charge in [-0.3, -0.25) is 0 Å². The Labute approximate surface area is 148 Å². The normalized spacial score (nSPS) is 11.5. The van der Waals surface area contributed by atoms with Crippen LogP contribution in [0.3, 0.4) is 0 Å². The molecule has 0 saturated carbocycles. The zero-order valence-corrected chi connectivity index (χ0v) is 16.9. The molecule has 0 rings (SSSR count). The van der Waals surface area contributed by atoms with Crippen LogP contribution in [-0.2, 0) is 0 Å². The molecule has 0 aromatic carbocycles. The molecule has 1 heteroatoms. The molecule has 1 nitrogen and oxygen atoms in total. The van der Waals surface area contributed by atoms with Crippen LogP contribution in [0.1, 0.15) is 124 Å². The lowest BCUT2D eigenvalue weighted by molar-refractivity contribution is 0.256. The van der Waals surface area contributed by atoms with Gasteiger partial charge in [-0.25, -0.2) is 0 Å². The van der Waals surface area contributed by atoms with Crippen molar-refractivity contribution in [3.8, 4) is 0 Å². The van der Waals surface area contributed by atoms with Gasteiger partial charge in [-0.05, 0) is 38.9 Å². The van der Waals surface area contributed by atoms with Gasteiger partial charge in [0.05, 0.1) is 0 Å². The molecule has 0 aliphatic rings. The molecule has 0 N–H and O–H groups in total. The molecule has 0 saturated heterocycles. The van der Waals surface area contributed by atoms with Crippen molar-refractivity contribution in [1.82, 2.24) is 4.90 Å². The Morgan fingerprint density at radius 3 is 1.04 bits per heavy atom. The van der Waals surface area contributed by atoms with Crippen molar-refractivity contribution in [3.63, 3.8) is 0 Å². The third-order valence-electron chi connectivity index (χ3n) is 4.98. The quantitative estimate of drug-likeness (QED) is 0.221. The molecule has 0 aliphatic heterocycles. The molecule has 0 atom stereocenters. The second-order valence-corrected chi connectivity index (χ2v) is 7.44. The van der Waals surface area contributed by atoms with Crippen molar-refractivity contribution in [1.29, 1.82) is 0 Å². The predicted octanol–water partition coefficient (Wildman–Crippen LogP) is 7.59. The summed E-state index contributed by atoms with van der Waals surface area (Å²) < 4.78 is 0. The summed E-state index contributed by atoms with van der Waals surface area (Å²) in [6, 6.07) is 0. The monoisotopic (exact) mass is 325 g/mol. The van der Waals surface area contributed by atoms with E-state index in [-0.39, 0.29) is 0 Å². The minimum absolute atomic E-state index is 1.34. The summed E-state index contributed by atoms with van der Waals surface area (Å²) in [7, 11) is 0. The number of rotatable bonds is 19. The fraction of sp³-hybridized carbons (Fsp3) is 1.00. The topological polar surface area (TPSA) is 3.24 Å². The van der Waals surface area contributed by atoms with E-state index in [9.17, 15) is 0 Å². The Kier molecular flexibility index (Phi) is 20.0. The fourth-order valence-electron chi connectivity index (χ4n) is 3.30. The standard InChI is InChI=1S/C22H47N/c1-4-7-10-12-14-16-18-21-23(20-9-6-3)22-19-17-15-13-11-8-5-2/h4-22H2,1-3H3. The van der Waals surface area contributed by atoms with Crippen molar-refractivity contribution in [2.24, 2.45) is 0 Å². The van der Waals surface area contributed by atoms with E-state index >= 15 is 0 Å². The third kappa shape index (κ3) is 18.1. The van der Waals surface area contributed by atoms with Crippen LogP contribution < -0.4 is 0 Å². The van der Waals surface area contributed by atoms with Crippen LogP contribution in [0.4, 0.5) is 0 Å². The summed E-state index contributed by atoms with van der Waals surface area (Å²) in [5, 5.41) is 0. The highest BCUT2D eigenvalue weighted by atomic mass is 15.1. The molecule has 0 unspecified atom stereocenters. The zero-order chi connectivity index (χ0) is 17.0. The summed E-state index contributed by atoms with van der Waals surface area (Å²) in [4.78, 5) is 2.75. The van der Waals surface area contributed by atoms with Gasteiger partial charge in [0.15, 0.2) is 0 Å². The van der Waals surface area contributed by atoms with Crippen molar-refractivity contribution in [2.75, 3.05) is 19.6 Å². The average Bonchev–Trinajstić information content (AvgIpc) is 2.57. The second kappa shape index (κ2) is 20.0. The number of hydrogen-bond donors (Lipinski definition) is 0. The highest BCUT2D eigenvalue weighted by Crippen LogP contribution is 2.10. The summed E-state index contributed by atoms with van der Waals surface area (Å²) in [6.07, 6.45) is 22.8. The van der Waals surface area contributed by atoms with E-state index in [1.165, 1.54) is 122 Å². The van der Waals surface area contributed by atoms with Crippen LogP contribution in [0.5, 0.6) is 0 Å². The SMILES string of the molecule is CCCCCCCCCN(CCCC)CCCCCCCCC. The van der Waals surface area contributed by atoms with Crippen molar-refractivity contribution in [2.45, 2.75) is 124 Å². The maximum Gasteiger partial charge on any atom is -0.00187 e. The molecule has 0 fully saturated rings. The van der Waals surface area contributed by atoms with Gasteiger partial charge in [-0.1, -0.05) is 104 Å². The molecule has 0 aliphatic carbocycles. The number of hydrogen-bond acceptors (Lipinski definition) is 1. The first-order valence-electron chi connectivity index (χ1n) is 11.1. The molecular weight excluding hydrogens is 278 g/mol. The lowest BCUT2D eigenvalue weighted by Gasteiger charge is -2.22. The highest BCUT2D eigenvalue weighted by Gasteiger charge is 2.04. The van der Waals surface area contributed by atoms with E-state index in [2.05, 4.69) is 25.7 Å². The van der Waals surface area contributed by atoms with Gasteiger partial charge in [0, 0.05) is 0 Å². The maximum absolute atomic E-state index is 2.75. The Morgan fingerprint density at radius 2 is 0.652 bits per heavy atom. The van der Waals surface area contributed by atoms with Crippen LogP contribution >= 0.6 is 0 Å². The molecule has 0 amide bonds. The Morgan fingerprint density at radius 1 is 0.348 bits per heavy atom. The maximum atomic E-state index is 2.75. The second-order valence-electron chi connectivity index (χ2n) is 7.44. The summed E-state index contributed by atoms with van der Waals surface area (Å²) in [5.41, 5.74) is 0. The summed E-state index contributed by atoms with van der Waals surface area (Å²) in [5.74, 6) is 0. The Balaban J connectivity index is 3.56. The Hall–Kier alpha value is -0.0400. The number of nitrogens with zero attached hydrogens (tertiary/aromatic N) is 1. The van der Waals surface area contributed by atoms with Crippen molar-refractivity contribution >= 4 is 0 Å². The minimum Gasteiger partial charge on any atom is -0.303 e. The first-order valence-corrected chi connectivity index (χ1v) is 11.1. The third-order valence-corrected chi connectivity index (χ3v) is 4.98. The zero-order valence-electron chi connectivity index (χ0n) is 16.9. The average molecular weight is 326 g/mol. The van der Waals surface area contributed by atoms with E-state index in [0.29, 0.717) is 0 Å². The lowest BCUT2D eigenvalue weighted by atomic mass is 10.1. The van der Waals surface area contributed by atoms with Gasteiger partial charge >= 0.3 is 0 Å². The molecule has 0 bridgehead atoms. The van der Waals surface area contributed by atoms with Gasteiger partial charge in [0.1, 0.15) is 0 Å². The highest BCUT2D eigenvalue weighted by molar-refractivity contribution is 4.59. The molecule has 0 spiro atoms. The van der Waals surface area contributed by atoms with Crippen molar-refractivity contribution < 1.29 is 0 Å². The first-order chi connectivity index (χ1) is 11.3. The summed E-state index contributed by atoms with van der Waals surface area (Å²) in [6.45, 7) is 11.0. The van der Waals surface area contributed by atoms with Gasteiger partial charge in [0.2, 0.25) is 0 Å². The molecule has 140 valence electrons. The van der Waals surface area contributed by atoms with Crippen LogP contribution in [0.2, 0.25) is 0 Å². The molecule has 0 radical (unpaired) electrons. The Bertz CT molecular complexity index is 184. The van der Waals surface area contributed by atoms with E-state index in [1.54, 1.807) is 0 Å². The van der Waals surface area contributed by atoms with Crippen LogP contribution in [-0.4, -0.2) is 24.5 Å². The smallest absolute Gasteiger partial charge is 0.00187 e. The van der Waals surface area contributed by atoms with E-state index in [0.717, 1.165) is 0 Å². The van der Waals surface area contributed by atoms with E-state index < -0.39 is 0 Å². The van der Waals surface area contributed by atoms with Crippen LogP contribution in [0.15, 0.2) is 0 Å². The fourth-order valence-corrected chi connectivity index (χ4v) is 3.30. The molecule has 0 heterocycles. The van der Waals surface area contributed by atoms with E-state index in [1.807, 2.05) is 0 Å². The van der Waals surface area contributed by atoms with Gasteiger partial charge in [0.25, 0.3) is 0 Å². The first kappa shape index (κ1) is 23.0. The molecule has 23 heavy (non-hydrogen) atoms. The van der Waals surface area contributed by atoms with Gasteiger partial charge < -0.3 is 4.90 Å². The van der Waals surface area contributed by atoms with Crippen molar-refractivity contribution in [3.05, 3.63) is 0 Å². The largest absolute Gasteiger partial charge is 0.303 e. The minimum atomic E-state index is 1.34. The van der Waals surface area contributed by atoms with Crippen LogP contribution in [0, 0.1) is 0 Å².